The van der Waals surface area contributed by atoms with Crippen LogP contribution >= 0.6 is 15.9 Å². The molecule has 1 aliphatic carbocycles. The average molecular weight is 289 g/mol. The zero-order valence-corrected chi connectivity index (χ0v) is 10.4. The first-order valence-corrected chi connectivity index (χ1v) is 5.97. The lowest BCUT2D eigenvalue weighted by atomic mass is 9.69. The number of carboxylic acids is 2. The third-order valence-corrected chi connectivity index (χ3v) is 3.38. The summed E-state index contributed by atoms with van der Waals surface area (Å²) in [6, 6.07) is 0. The first kappa shape index (κ1) is 13.0. The van der Waals surface area contributed by atoms with Crippen LogP contribution in [0.5, 0.6) is 0 Å². The van der Waals surface area contributed by atoms with Crippen LogP contribution in [0.1, 0.15) is 13.3 Å². The van der Waals surface area contributed by atoms with Gasteiger partial charge in [-0.25, -0.2) is 4.79 Å². The maximum Gasteiger partial charge on any atom is 0.331 e. The molecule has 0 saturated heterocycles. The molecule has 5 heteroatoms. The molecule has 16 heavy (non-hydrogen) atoms. The van der Waals surface area contributed by atoms with Gasteiger partial charge in [0.15, 0.2) is 0 Å². The molecule has 0 spiro atoms. The van der Waals surface area contributed by atoms with Crippen molar-refractivity contribution >= 4 is 27.9 Å². The van der Waals surface area contributed by atoms with E-state index < -0.39 is 23.3 Å². The van der Waals surface area contributed by atoms with Crippen LogP contribution in [0, 0.1) is 11.3 Å². The summed E-state index contributed by atoms with van der Waals surface area (Å²) in [5, 5.41) is 18.8. The molecule has 0 heterocycles. The molecule has 0 saturated carbocycles. The van der Waals surface area contributed by atoms with Crippen LogP contribution in [-0.4, -0.2) is 27.5 Å². The molecule has 0 aromatic rings. The van der Waals surface area contributed by atoms with Gasteiger partial charge in [-0.3, -0.25) is 4.79 Å². The second-order valence-corrected chi connectivity index (χ2v) is 4.70. The summed E-state index contributed by atoms with van der Waals surface area (Å²) in [6.45, 7) is 1.55. The second kappa shape index (κ2) is 4.82. The van der Waals surface area contributed by atoms with Gasteiger partial charge >= 0.3 is 11.9 Å². The Hall–Kier alpha value is -1.10. The molecular weight excluding hydrogens is 276 g/mol. The lowest BCUT2D eigenvalue weighted by molar-refractivity contribution is -0.147. The van der Waals surface area contributed by atoms with Crippen LogP contribution in [0.25, 0.3) is 0 Å². The van der Waals surface area contributed by atoms with E-state index in [0.29, 0.717) is 11.8 Å². The molecule has 1 rings (SSSR count). The van der Waals surface area contributed by atoms with Gasteiger partial charge in [-0.2, -0.15) is 0 Å². The summed E-state index contributed by atoms with van der Waals surface area (Å²) in [7, 11) is 0. The molecule has 0 amide bonds. The number of alkyl halides is 1. The molecule has 0 aromatic heterocycles. The zero-order valence-electron chi connectivity index (χ0n) is 8.81. The topological polar surface area (TPSA) is 74.6 Å². The standard InChI is InChI=1S/C11H13BrO4/c1-11(10(15)16)5-2-3-7(9(13)14)8(11)4-6-12/h2-3,5,8H,4,6H2,1H3,(H,13,14)(H,15,16). The largest absolute Gasteiger partial charge is 0.481 e. The summed E-state index contributed by atoms with van der Waals surface area (Å²) in [6.07, 6.45) is 5.00. The van der Waals surface area contributed by atoms with Gasteiger partial charge < -0.3 is 10.2 Å². The van der Waals surface area contributed by atoms with Crippen molar-refractivity contribution in [3.8, 4) is 0 Å². The lowest BCUT2D eigenvalue weighted by Crippen LogP contribution is -2.38. The number of allylic oxidation sites excluding steroid dienone is 2. The molecule has 4 nitrogen and oxygen atoms in total. The highest BCUT2D eigenvalue weighted by Gasteiger charge is 2.43. The quantitative estimate of drug-likeness (QED) is 0.777. The molecule has 2 atom stereocenters. The molecule has 0 fully saturated rings. The van der Waals surface area contributed by atoms with E-state index in [9.17, 15) is 14.7 Å². The summed E-state index contributed by atoms with van der Waals surface area (Å²) < 4.78 is 0. The number of rotatable bonds is 4. The highest BCUT2D eigenvalue weighted by molar-refractivity contribution is 9.09. The summed E-state index contributed by atoms with van der Waals surface area (Å²) in [4.78, 5) is 22.3. The normalized spacial score (nSPS) is 28.6. The Labute approximate surface area is 102 Å². The summed E-state index contributed by atoms with van der Waals surface area (Å²) >= 11 is 3.23. The molecule has 1 aliphatic rings. The third-order valence-electron chi connectivity index (χ3n) is 2.92. The fraction of sp³-hybridized carbons (Fsp3) is 0.455. The van der Waals surface area contributed by atoms with Gasteiger partial charge in [0, 0.05) is 16.8 Å². The Balaban J connectivity index is 3.15. The number of halogens is 1. The molecule has 0 bridgehead atoms. The molecule has 0 aliphatic heterocycles. The molecule has 0 aromatic carbocycles. The van der Waals surface area contributed by atoms with Gasteiger partial charge in [0.25, 0.3) is 0 Å². The smallest absolute Gasteiger partial charge is 0.331 e. The van der Waals surface area contributed by atoms with Crippen molar-refractivity contribution in [2.75, 3.05) is 5.33 Å². The number of aliphatic carboxylic acids is 2. The van der Waals surface area contributed by atoms with Crippen molar-refractivity contribution in [3.05, 3.63) is 23.8 Å². The number of carboxylic acid groups (broad SMARTS) is 2. The molecule has 2 N–H and O–H groups in total. The average Bonchev–Trinajstić information content (AvgIpc) is 2.20. The van der Waals surface area contributed by atoms with E-state index in [1.807, 2.05) is 0 Å². The van der Waals surface area contributed by atoms with E-state index in [4.69, 9.17) is 5.11 Å². The minimum atomic E-state index is -1.14. The Morgan fingerprint density at radius 3 is 2.56 bits per heavy atom. The monoisotopic (exact) mass is 288 g/mol. The van der Waals surface area contributed by atoms with Crippen molar-refractivity contribution < 1.29 is 19.8 Å². The first-order valence-electron chi connectivity index (χ1n) is 4.85. The van der Waals surface area contributed by atoms with Crippen LogP contribution in [-0.2, 0) is 9.59 Å². The maximum absolute atomic E-state index is 11.2. The highest BCUT2D eigenvalue weighted by atomic mass is 79.9. The fourth-order valence-electron chi connectivity index (χ4n) is 1.91. The van der Waals surface area contributed by atoms with Crippen molar-refractivity contribution in [1.82, 2.24) is 0 Å². The van der Waals surface area contributed by atoms with Gasteiger partial charge in [-0.15, -0.1) is 0 Å². The van der Waals surface area contributed by atoms with Crippen LogP contribution in [0.3, 0.4) is 0 Å². The van der Waals surface area contributed by atoms with Crippen LogP contribution in [0.15, 0.2) is 23.8 Å². The fourth-order valence-corrected chi connectivity index (χ4v) is 2.37. The summed E-state index contributed by atoms with van der Waals surface area (Å²) in [5.41, 5.74) is -0.983. The molecular formula is C11H13BrO4. The highest BCUT2D eigenvalue weighted by Crippen LogP contribution is 2.40. The number of carbonyl (C=O) groups is 2. The van der Waals surface area contributed by atoms with Gasteiger partial charge in [-0.1, -0.05) is 34.2 Å². The Morgan fingerprint density at radius 1 is 1.50 bits per heavy atom. The Kier molecular flexibility index (Phi) is 3.91. The van der Waals surface area contributed by atoms with Gasteiger partial charge in [-0.05, 0) is 13.3 Å². The van der Waals surface area contributed by atoms with Crippen LogP contribution in [0.2, 0.25) is 0 Å². The third kappa shape index (κ3) is 2.19. The van der Waals surface area contributed by atoms with Crippen molar-refractivity contribution in [2.24, 2.45) is 11.3 Å². The van der Waals surface area contributed by atoms with Crippen LogP contribution < -0.4 is 0 Å². The lowest BCUT2D eigenvalue weighted by Gasteiger charge is -2.33. The minimum absolute atomic E-state index is 0.159. The van der Waals surface area contributed by atoms with Crippen molar-refractivity contribution in [1.29, 1.82) is 0 Å². The van der Waals surface area contributed by atoms with E-state index in [1.165, 1.54) is 12.2 Å². The predicted molar refractivity (Wildman–Crippen MR) is 62.5 cm³/mol. The number of hydrogen-bond acceptors (Lipinski definition) is 2. The van der Waals surface area contributed by atoms with Gasteiger partial charge in [0.2, 0.25) is 0 Å². The minimum Gasteiger partial charge on any atom is -0.481 e. The summed E-state index contributed by atoms with van der Waals surface area (Å²) in [5.74, 6) is -2.56. The predicted octanol–water partition coefficient (Wildman–Crippen LogP) is 2.06. The van der Waals surface area contributed by atoms with E-state index in [1.54, 1.807) is 13.0 Å². The number of hydrogen-bond donors (Lipinski definition) is 2. The maximum atomic E-state index is 11.2. The van der Waals surface area contributed by atoms with Crippen LogP contribution in [0.4, 0.5) is 0 Å². The van der Waals surface area contributed by atoms with Crippen molar-refractivity contribution in [2.45, 2.75) is 13.3 Å². The molecule has 88 valence electrons. The Morgan fingerprint density at radius 2 is 2.12 bits per heavy atom. The van der Waals surface area contributed by atoms with Gasteiger partial charge in [0.05, 0.1) is 5.41 Å². The van der Waals surface area contributed by atoms with E-state index >= 15 is 0 Å². The molecule has 2 unspecified atom stereocenters. The van der Waals surface area contributed by atoms with Gasteiger partial charge in [0.1, 0.15) is 0 Å². The van der Waals surface area contributed by atoms with E-state index in [2.05, 4.69) is 15.9 Å². The second-order valence-electron chi connectivity index (χ2n) is 3.90. The van der Waals surface area contributed by atoms with E-state index in [-0.39, 0.29) is 5.57 Å². The first-order chi connectivity index (χ1) is 7.43. The zero-order chi connectivity index (χ0) is 12.3. The SMILES string of the molecule is CC1(C(=O)O)C=CC=C(C(=O)O)C1CCBr. The Bertz CT molecular complexity index is 372. The molecule has 0 radical (unpaired) electrons. The van der Waals surface area contributed by atoms with E-state index in [0.717, 1.165) is 0 Å². The van der Waals surface area contributed by atoms with Crippen molar-refractivity contribution in [3.63, 3.8) is 0 Å².